The first-order valence-electron chi connectivity index (χ1n) is 10.7. The number of carbonyl (C=O) groups is 1. The smallest absolute Gasteiger partial charge is 0.312 e. The van der Waals surface area contributed by atoms with Gasteiger partial charge >= 0.3 is 5.97 Å². The van der Waals surface area contributed by atoms with E-state index in [1.165, 1.54) is 11.6 Å². The third-order valence-electron chi connectivity index (χ3n) is 5.26. The van der Waals surface area contributed by atoms with Gasteiger partial charge in [0, 0.05) is 12.1 Å². The number of para-hydroxylation sites is 1. The number of sulfone groups is 1. The van der Waals surface area contributed by atoms with Crippen molar-refractivity contribution in [2.24, 2.45) is 0 Å². The quantitative estimate of drug-likeness (QED) is 0.203. The first-order valence-corrected chi connectivity index (χ1v) is 12.1. The number of nitro groups is 1. The van der Waals surface area contributed by atoms with Crippen molar-refractivity contribution >= 4 is 21.5 Å². The third kappa shape index (κ3) is 5.12. The van der Waals surface area contributed by atoms with E-state index in [4.69, 9.17) is 4.74 Å². The number of rotatable bonds is 8. The molecule has 9 nitrogen and oxygen atoms in total. The summed E-state index contributed by atoms with van der Waals surface area (Å²) in [6.07, 6.45) is 0.447. The number of nitro benzene ring substituents is 1. The molecule has 3 aromatic carbocycles. The number of aromatic nitrogens is 2. The van der Waals surface area contributed by atoms with E-state index < -0.39 is 20.7 Å². The minimum absolute atomic E-state index is 0.0278. The minimum atomic E-state index is -4.23. The lowest BCUT2D eigenvalue weighted by Gasteiger charge is -2.11. The maximum Gasteiger partial charge on any atom is 0.312 e. The molecule has 0 N–H and O–H groups in total. The average Bonchev–Trinajstić information content (AvgIpc) is 3.20. The Kier molecular flexibility index (Phi) is 6.74. The molecule has 178 valence electrons. The van der Waals surface area contributed by atoms with Gasteiger partial charge in [-0.15, -0.1) is 0 Å². The second kappa shape index (κ2) is 9.90. The van der Waals surface area contributed by atoms with E-state index in [2.05, 4.69) is 5.10 Å². The molecule has 0 aliphatic carbocycles. The molecule has 4 rings (SSSR count). The van der Waals surface area contributed by atoms with Gasteiger partial charge in [-0.2, -0.15) is 9.78 Å². The molecule has 0 aliphatic rings. The van der Waals surface area contributed by atoms with Crippen LogP contribution in [0.1, 0.15) is 17.7 Å². The molecule has 10 heteroatoms. The molecule has 0 bridgehead atoms. The summed E-state index contributed by atoms with van der Waals surface area (Å²) in [4.78, 5) is 22.7. The van der Waals surface area contributed by atoms with E-state index >= 15 is 0 Å². The predicted octanol–water partition coefficient (Wildman–Crippen LogP) is 4.46. The zero-order valence-electron chi connectivity index (χ0n) is 18.7. The summed E-state index contributed by atoms with van der Waals surface area (Å²) in [7, 11) is -4.23. The van der Waals surface area contributed by atoms with Crippen LogP contribution in [0.2, 0.25) is 0 Å². The monoisotopic (exact) mass is 491 g/mol. The van der Waals surface area contributed by atoms with Gasteiger partial charge < -0.3 is 4.74 Å². The van der Waals surface area contributed by atoms with Gasteiger partial charge in [-0.1, -0.05) is 48.5 Å². The van der Waals surface area contributed by atoms with E-state index in [1.54, 1.807) is 30.3 Å². The molecule has 0 atom stereocenters. The van der Waals surface area contributed by atoms with Crippen molar-refractivity contribution in [1.29, 1.82) is 0 Å². The maximum absolute atomic E-state index is 13.5. The van der Waals surface area contributed by atoms with Gasteiger partial charge in [-0.25, -0.2) is 8.42 Å². The van der Waals surface area contributed by atoms with Crippen molar-refractivity contribution in [2.45, 2.75) is 29.6 Å². The second-order valence-electron chi connectivity index (χ2n) is 7.68. The Labute approximate surface area is 201 Å². The molecule has 0 spiro atoms. The molecule has 4 aromatic rings. The SMILES string of the molecule is Cc1nn(-c2ccccc2)c(OC(=O)CCc2ccccc2)c1S(=O)(=O)c1ccc([N+](=O)[O-])cc1. The van der Waals surface area contributed by atoms with Crippen molar-refractivity contribution in [1.82, 2.24) is 9.78 Å². The van der Waals surface area contributed by atoms with Crippen LogP contribution >= 0.6 is 0 Å². The lowest BCUT2D eigenvalue weighted by Crippen LogP contribution is -2.14. The zero-order valence-corrected chi connectivity index (χ0v) is 19.5. The molecule has 35 heavy (non-hydrogen) atoms. The van der Waals surface area contributed by atoms with Crippen LogP contribution in [0.25, 0.3) is 5.69 Å². The van der Waals surface area contributed by atoms with Crippen LogP contribution in [0.3, 0.4) is 0 Å². The van der Waals surface area contributed by atoms with Crippen molar-refractivity contribution in [3.05, 3.63) is 106 Å². The van der Waals surface area contributed by atoms with E-state index in [-0.39, 0.29) is 33.5 Å². The number of carbonyl (C=O) groups excluding carboxylic acids is 1. The van der Waals surface area contributed by atoms with Crippen molar-refractivity contribution in [3.8, 4) is 11.6 Å². The van der Waals surface area contributed by atoms with Gasteiger partial charge in [0.2, 0.25) is 15.7 Å². The van der Waals surface area contributed by atoms with Crippen LogP contribution < -0.4 is 4.74 Å². The summed E-state index contributed by atoms with van der Waals surface area (Å²) >= 11 is 0. The summed E-state index contributed by atoms with van der Waals surface area (Å²) in [5, 5.41) is 15.3. The Bertz CT molecular complexity index is 1470. The number of benzene rings is 3. The first-order chi connectivity index (χ1) is 16.8. The Morgan fingerprint density at radius 1 is 0.971 bits per heavy atom. The number of aryl methyl sites for hydroxylation is 2. The van der Waals surface area contributed by atoms with Crippen molar-refractivity contribution in [2.75, 3.05) is 0 Å². The summed E-state index contributed by atoms with van der Waals surface area (Å²) in [6.45, 7) is 1.50. The van der Waals surface area contributed by atoms with Gasteiger partial charge in [0.25, 0.3) is 5.69 Å². The molecule has 0 radical (unpaired) electrons. The number of nitrogens with zero attached hydrogens (tertiary/aromatic N) is 3. The molecular weight excluding hydrogens is 470 g/mol. The van der Waals surface area contributed by atoms with Gasteiger partial charge in [0.15, 0.2) is 4.90 Å². The van der Waals surface area contributed by atoms with Gasteiger partial charge in [0.1, 0.15) is 0 Å². The van der Waals surface area contributed by atoms with Crippen LogP contribution in [0.15, 0.2) is 94.7 Å². The van der Waals surface area contributed by atoms with E-state index in [1.807, 2.05) is 30.3 Å². The number of ether oxygens (including phenoxy) is 1. The Hall–Kier alpha value is -4.31. The number of hydrogen-bond donors (Lipinski definition) is 0. The van der Waals surface area contributed by atoms with E-state index in [0.29, 0.717) is 12.1 Å². The minimum Gasteiger partial charge on any atom is -0.406 e. The molecule has 0 fully saturated rings. The highest BCUT2D eigenvalue weighted by Gasteiger charge is 2.32. The molecule has 1 aromatic heterocycles. The van der Waals surface area contributed by atoms with Crippen LogP contribution in [0, 0.1) is 17.0 Å². The fourth-order valence-electron chi connectivity index (χ4n) is 3.55. The summed E-state index contributed by atoms with van der Waals surface area (Å²) in [5.74, 6) is -0.851. The van der Waals surface area contributed by atoms with Gasteiger partial charge in [0.05, 0.1) is 27.6 Å². The van der Waals surface area contributed by atoms with E-state index in [9.17, 15) is 23.3 Å². The highest BCUT2D eigenvalue weighted by Crippen LogP contribution is 2.35. The third-order valence-corrected chi connectivity index (χ3v) is 7.16. The first kappa shape index (κ1) is 23.8. The lowest BCUT2D eigenvalue weighted by molar-refractivity contribution is -0.384. The molecule has 0 amide bonds. The number of esters is 1. The van der Waals surface area contributed by atoms with Crippen LogP contribution in [-0.2, 0) is 21.1 Å². The number of hydrogen-bond acceptors (Lipinski definition) is 7. The van der Waals surface area contributed by atoms with Gasteiger partial charge in [-0.05, 0) is 43.2 Å². The summed E-state index contributed by atoms with van der Waals surface area (Å²) < 4.78 is 34.0. The van der Waals surface area contributed by atoms with Crippen LogP contribution in [0.4, 0.5) is 5.69 Å². The fourth-order valence-corrected chi connectivity index (χ4v) is 5.07. The van der Waals surface area contributed by atoms with Crippen molar-refractivity contribution < 1.29 is 22.9 Å². The Morgan fingerprint density at radius 3 is 2.17 bits per heavy atom. The Balaban J connectivity index is 1.74. The molecule has 0 saturated heterocycles. The molecule has 0 aliphatic heterocycles. The largest absolute Gasteiger partial charge is 0.406 e. The predicted molar refractivity (Wildman–Crippen MR) is 127 cm³/mol. The standard InChI is InChI=1S/C25H21N3O6S/c1-18-24(35(32,33)22-15-13-21(14-16-22)28(30)31)25(27(26-18)20-10-6-3-7-11-20)34-23(29)17-12-19-8-4-2-5-9-19/h2-11,13-16H,12,17H2,1H3. The topological polar surface area (TPSA) is 121 Å². The fraction of sp³-hybridized carbons (Fsp3) is 0.120. The van der Waals surface area contributed by atoms with E-state index in [0.717, 1.165) is 29.8 Å². The van der Waals surface area contributed by atoms with Crippen LogP contribution in [-0.4, -0.2) is 29.1 Å². The summed E-state index contributed by atoms with van der Waals surface area (Å²) in [5.41, 5.74) is 1.33. The summed E-state index contributed by atoms with van der Waals surface area (Å²) in [6, 6.07) is 22.6. The van der Waals surface area contributed by atoms with Crippen LogP contribution in [0.5, 0.6) is 5.88 Å². The highest BCUT2D eigenvalue weighted by molar-refractivity contribution is 7.91. The normalized spacial score (nSPS) is 11.2. The molecular formula is C25H21N3O6S. The van der Waals surface area contributed by atoms with Crippen molar-refractivity contribution in [3.63, 3.8) is 0 Å². The lowest BCUT2D eigenvalue weighted by atomic mass is 10.1. The maximum atomic E-state index is 13.5. The second-order valence-corrected chi connectivity index (χ2v) is 9.57. The number of non-ortho nitro benzene ring substituents is 1. The zero-order chi connectivity index (χ0) is 25.0. The average molecular weight is 492 g/mol. The molecule has 0 unspecified atom stereocenters. The highest BCUT2D eigenvalue weighted by atomic mass is 32.2. The van der Waals surface area contributed by atoms with Gasteiger partial charge in [-0.3, -0.25) is 14.9 Å². The molecule has 0 saturated carbocycles. The Morgan fingerprint density at radius 2 is 1.57 bits per heavy atom. The molecule has 1 heterocycles.